The maximum Gasteiger partial charge on any atom is 0.258 e. The molecule has 90 valence electrons. The Kier molecular flexibility index (Phi) is 3.18. The molecule has 0 radical (unpaired) electrons. The van der Waals surface area contributed by atoms with E-state index in [9.17, 15) is 4.79 Å². The van der Waals surface area contributed by atoms with Crippen LogP contribution in [0.1, 0.15) is 19.0 Å². The topological polar surface area (TPSA) is 31.2 Å². The predicted octanol–water partition coefficient (Wildman–Crippen LogP) is 2.50. The van der Waals surface area contributed by atoms with E-state index in [4.69, 9.17) is 4.74 Å². The van der Waals surface area contributed by atoms with Gasteiger partial charge in [-0.2, -0.15) is 0 Å². The van der Waals surface area contributed by atoms with Gasteiger partial charge in [0.2, 0.25) is 0 Å². The maximum absolute atomic E-state index is 12.2. The van der Waals surface area contributed by atoms with Crippen molar-refractivity contribution in [3.05, 3.63) is 40.3 Å². The average Bonchev–Trinajstić information content (AvgIpc) is 2.35. The van der Waals surface area contributed by atoms with Crippen LogP contribution >= 0.6 is 0 Å². The number of methoxy groups -OCH3 is 1. The first-order valence-corrected chi connectivity index (χ1v) is 5.84. The summed E-state index contributed by atoms with van der Waals surface area (Å²) in [6.07, 6.45) is 1.96. The first-order valence-electron chi connectivity index (χ1n) is 5.84. The summed E-state index contributed by atoms with van der Waals surface area (Å²) in [5, 5.41) is 1.70. The lowest BCUT2D eigenvalue weighted by Crippen LogP contribution is -2.20. The molecule has 0 saturated heterocycles. The molecule has 0 fully saturated rings. The minimum absolute atomic E-state index is 0.0462. The monoisotopic (exact) mass is 231 g/mol. The number of aryl methyl sites for hydroxylation is 1. The summed E-state index contributed by atoms with van der Waals surface area (Å²) in [5.74, 6) is 0.720. The molecule has 2 rings (SSSR count). The molecule has 1 aromatic heterocycles. The van der Waals surface area contributed by atoms with Crippen LogP contribution in [-0.2, 0) is 13.5 Å². The quantitative estimate of drug-likeness (QED) is 0.812. The van der Waals surface area contributed by atoms with Gasteiger partial charge in [-0.25, -0.2) is 0 Å². The number of hydrogen-bond acceptors (Lipinski definition) is 2. The standard InChI is InChI=1S/C14H17NO2/c1-4-5-11-8-10-6-7-12(17-3)9-13(10)14(16)15(11)2/h6-9H,4-5H2,1-3H3. The molecule has 1 aromatic carbocycles. The van der Waals surface area contributed by atoms with Crippen molar-refractivity contribution in [1.29, 1.82) is 0 Å². The first-order chi connectivity index (χ1) is 8.17. The molecule has 3 heteroatoms. The van der Waals surface area contributed by atoms with Crippen LogP contribution in [0, 0.1) is 0 Å². The molecule has 0 aliphatic rings. The maximum atomic E-state index is 12.2. The molecule has 0 bridgehead atoms. The van der Waals surface area contributed by atoms with Crippen molar-refractivity contribution in [2.45, 2.75) is 19.8 Å². The summed E-state index contributed by atoms with van der Waals surface area (Å²) in [4.78, 5) is 12.2. The summed E-state index contributed by atoms with van der Waals surface area (Å²) in [6.45, 7) is 2.11. The Bertz CT molecular complexity index is 599. The Morgan fingerprint density at radius 1 is 1.29 bits per heavy atom. The van der Waals surface area contributed by atoms with E-state index in [0.717, 1.165) is 29.7 Å². The van der Waals surface area contributed by atoms with Gasteiger partial charge in [-0.05, 0) is 30.0 Å². The summed E-state index contributed by atoms with van der Waals surface area (Å²) in [6, 6.07) is 7.71. The van der Waals surface area contributed by atoms with Gasteiger partial charge >= 0.3 is 0 Å². The Morgan fingerprint density at radius 2 is 2.06 bits per heavy atom. The van der Waals surface area contributed by atoms with Crippen molar-refractivity contribution in [2.24, 2.45) is 7.05 Å². The van der Waals surface area contributed by atoms with Gasteiger partial charge in [0.15, 0.2) is 0 Å². The summed E-state index contributed by atoms with van der Waals surface area (Å²) in [5.41, 5.74) is 1.13. The number of hydrogen-bond donors (Lipinski definition) is 0. The molecule has 1 heterocycles. The lowest BCUT2D eigenvalue weighted by atomic mass is 10.1. The van der Waals surface area contributed by atoms with E-state index in [-0.39, 0.29) is 5.56 Å². The smallest absolute Gasteiger partial charge is 0.258 e. The molecule has 2 aromatic rings. The highest BCUT2D eigenvalue weighted by atomic mass is 16.5. The van der Waals surface area contributed by atoms with E-state index in [2.05, 4.69) is 13.0 Å². The molecule has 0 saturated carbocycles. The molecule has 0 amide bonds. The van der Waals surface area contributed by atoms with Gasteiger partial charge in [0.1, 0.15) is 5.75 Å². The highest BCUT2D eigenvalue weighted by molar-refractivity contribution is 5.83. The SMILES string of the molecule is CCCc1cc2ccc(OC)cc2c(=O)n1C. The molecule has 3 nitrogen and oxygen atoms in total. The molecule has 0 aliphatic carbocycles. The Balaban J connectivity index is 2.72. The van der Waals surface area contributed by atoms with Crippen LogP contribution < -0.4 is 10.3 Å². The number of ether oxygens (including phenoxy) is 1. The molecular formula is C14H17NO2. The van der Waals surface area contributed by atoms with Crippen LogP contribution in [0.5, 0.6) is 5.75 Å². The largest absolute Gasteiger partial charge is 0.497 e. The van der Waals surface area contributed by atoms with Gasteiger partial charge in [-0.3, -0.25) is 4.79 Å². The third kappa shape index (κ3) is 2.05. The second-order valence-electron chi connectivity index (χ2n) is 4.20. The average molecular weight is 231 g/mol. The first kappa shape index (κ1) is 11.7. The van der Waals surface area contributed by atoms with Crippen LogP contribution in [0.25, 0.3) is 10.8 Å². The van der Waals surface area contributed by atoms with Crippen molar-refractivity contribution < 1.29 is 4.74 Å². The Hall–Kier alpha value is -1.77. The van der Waals surface area contributed by atoms with Gasteiger partial charge in [0, 0.05) is 12.7 Å². The van der Waals surface area contributed by atoms with Crippen LogP contribution in [0.2, 0.25) is 0 Å². The normalized spacial score (nSPS) is 10.8. The van der Waals surface area contributed by atoms with Crippen LogP contribution in [-0.4, -0.2) is 11.7 Å². The van der Waals surface area contributed by atoms with Crippen molar-refractivity contribution in [2.75, 3.05) is 7.11 Å². The molecule has 0 spiro atoms. The van der Waals surface area contributed by atoms with Gasteiger partial charge in [0.05, 0.1) is 12.5 Å². The van der Waals surface area contributed by atoms with Crippen molar-refractivity contribution >= 4 is 10.8 Å². The Morgan fingerprint density at radius 3 is 2.71 bits per heavy atom. The fourth-order valence-electron chi connectivity index (χ4n) is 2.06. The number of nitrogens with zero attached hydrogens (tertiary/aromatic N) is 1. The van der Waals surface area contributed by atoms with E-state index in [1.54, 1.807) is 17.7 Å². The molecule has 0 aliphatic heterocycles. The highest BCUT2D eigenvalue weighted by Crippen LogP contribution is 2.19. The lowest BCUT2D eigenvalue weighted by molar-refractivity contribution is 0.415. The summed E-state index contributed by atoms with van der Waals surface area (Å²) >= 11 is 0. The fourth-order valence-corrected chi connectivity index (χ4v) is 2.06. The van der Waals surface area contributed by atoms with Gasteiger partial charge in [0.25, 0.3) is 5.56 Å². The Labute approximate surface area is 101 Å². The summed E-state index contributed by atoms with van der Waals surface area (Å²) < 4.78 is 6.87. The zero-order valence-electron chi connectivity index (χ0n) is 10.5. The highest BCUT2D eigenvalue weighted by Gasteiger charge is 2.06. The van der Waals surface area contributed by atoms with E-state index in [1.165, 1.54) is 0 Å². The number of pyridine rings is 1. The molecular weight excluding hydrogens is 214 g/mol. The van der Waals surface area contributed by atoms with Crippen molar-refractivity contribution in [3.63, 3.8) is 0 Å². The number of rotatable bonds is 3. The van der Waals surface area contributed by atoms with Crippen molar-refractivity contribution in [1.82, 2.24) is 4.57 Å². The molecule has 0 atom stereocenters. The number of aromatic nitrogens is 1. The molecule has 0 unspecified atom stereocenters. The number of fused-ring (bicyclic) bond motifs is 1. The van der Waals surface area contributed by atoms with Gasteiger partial charge in [-0.15, -0.1) is 0 Å². The second kappa shape index (κ2) is 4.62. The van der Waals surface area contributed by atoms with Crippen LogP contribution in [0.15, 0.2) is 29.1 Å². The van der Waals surface area contributed by atoms with Gasteiger partial charge < -0.3 is 9.30 Å². The third-order valence-corrected chi connectivity index (χ3v) is 3.05. The molecule has 0 N–H and O–H groups in total. The number of benzene rings is 1. The summed E-state index contributed by atoms with van der Waals surface area (Å²) in [7, 11) is 3.43. The van der Waals surface area contributed by atoms with E-state index >= 15 is 0 Å². The molecule has 17 heavy (non-hydrogen) atoms. The zero-order valence-corrected chi connectivity index (χ0v) is 10.5. The fraction of sp³-hybridized carbons (Fsp3) is 0.357. The lowest BCUT2D eigenvalue weighted by Gasteiger charge is -2.10. The van der Waals surface area contributed by atoms with E-state index in [0.29, 0.717) is 5.39 Å². The van der Waals surface area contributed by atoms with Crippen LogP contribution in [0.3, 0.4) is 0 Å². The second-order valence-corrected chi connectivity index (χ2v) is 4.20. The predicted molar refractivity (Wildman–Crippen MR) is 69.7 cm³/mol. The van der Waals surface area contributed by atoms with Gasteiger partial charge in [-0.1, -0.05) is 19.4 Å². The van der Waals surface area contributed by atoms with E-state index < -0.39 is 0 Å². The minimum atomic E-state index is 0.0462. The van der Waals surface area contributed by atoms with Crippen molar-refractivity contribution in [3.8, 4) is 5.75 Å². The third-order valence-electron chi connectivity index (χ3n) is 3.05. The zero-order chi connectivity index (χ0) is 12.4. The minimum Gasteiger partial charge on any atom is -0.497 e. The van der Waals surface area contributed by atoms with E-state index in [1.807, 2.05) is 19.2 Å². The van der Waals surface area contributed by atoms with Crippen LogP contribution in [0.4, 0.5) is 0 Å².